The van der Waals surface area contributed by atoms with E-state index >= 15 is 0 Å². The highest BCUT2D eigenvalue weighted by atomic mass is 28.4. The van der Waals surface area contributed by atoms with Gasteiger partial charge in [-0.05, 0) is 39.7 Å². The summed E-state index contributed by atoms with van der Waals surface area (Å²) >= 11 is 0. The van der Waals surface area contributed by atoms with Crippen molar-refractivity contribution in [1.82, 2.24) is 4.98 Å². The highest BCUT2D eigenvalue weighted by Gasteiger charge is 2.57. The lowest BCUT2D eigenvalue weighted by molar-refractivity contribution is -0.125. The molecule has 0 radical (unpaired) electrons. The van der Waals surface area contributed by atoms with Crippen LogP contribution in [0.1, 0.15) is 45.7 Å². The Morgan fingerprint density at radius 1 is 0.800 bits per heavy atom. The summed E-state index contributed by atoms with van der Waals surface area (Å²) in [6.45, 7) is 11.5. The first-order valence-corrected chi connectivity index (χ1v) is 15.7. The second kappa shape index (κ2) is 10.9. The van der Waals surface area contributed by atoms with Gasteiger partial charge in [-0.15, -0.1) is 0 Å². The maximum atomic E-state index is 14.1. The number of benzene rings is 3. The Kier molecular flexibility index (Phi) is 7.50. The van der Waals surface area contributed by atoms with Crippen LogP contribution in [-0.4, -0.2) is 31.9 Å². The van der Waals surface area contributed by atoms with E-state index in [0.717, 1.165) is 21.5 Å². The molecule has 0 aliphatic carbocycles. The highest BCUT2D eigenvalue weighted by molar-refractivity contribution is 6.99. The van der Waals surface area contributed by atoms with E-state index in [0.29, 0.717) is 12.4 Å². The third kappa shape index (κ3) is 5.25. The molecule has 202 valence electrons. The third-order valence-corrected chi connectivity index (χ3v) is 12.6. The molecule has 4 nitrogen and oxygen atoms in total. The molecule has 2 heterocycles. The first kappa shape index (κ1) is 27.6. The van der Waals surface area contributed by atoms with E-state index in [1.807, 2.05) is 54.6 Å². The van der Waals surface area contributed by atoms with Crippen LogP contribution < -0.4 is 15.3 Å². The molecule has 0 bridgehead atoms. The molecule has 4 aromatic rings. The molecule has 3 aromatic carbocycles. The van der Waals surface area contributed by atoms with Crippen molar-refractivity contribution in [3.63, 3.8) is 0 Å². The van der Waals surface area contributed by atoms with Gasteiger partial charge in [-0.3, -0.25) is 9.69 Å². The second-order valence-electron chi connectivity index (χ2n) is 12.1. The Morgan fingerprint density at radius 3 is 1.82 bits per heavy atom. The van der Waals surface area contributed by atoms with Gasteiger partial charge in [0.15, 0.2) is 0 Å². The molecular weight excluding hydrogens is 508 g/mol. The van der Waals surface area contributed by atoms with Crippen LogP contribution in [0.5, 0.6) is 0 Å². The zero-order valence-corrected chi connectivity index (χ0v) is 24.9. The summed E-state index contributed by atoms with van der Waals surface area (Å²) in [5.41, 5.74) is 1.34. The summed E-state index contributed by atoms with van der Waals surface area (Å²) in [5, 5.41) is 2.10. The van der Waals surface area contributed by atoms with E-state index in [-0.39, 0.29) is 10.9 Å². The molecule has 0 N–H and O–H groups in total. The average Bonchev–Trinajstić information content (AvgIpc) is 3.19. The van der Waals surface area contributed by atoms with E-state index in [2.05, 4.69) is 100.0 Å². The molecule has 5 rings (SSSR count). The molecule has 1 saturated heterocycles. The van der Waals surface area contributed by atoms with Crippen LogP contribution in [0.3, 0.4) is 0 Å². The molecule has 1 unspecified atom stereocenters. The van der Waals surface area contributed by atoms with Gasteiger partial charge in [-0.2, -0.15) is 0 Å². The normalized spacial score (nSPS) is 16.9. The molecule has 40 heavy (non-hydrogen) atoms. The predicted molar refractivity (Wildman–Crippen MR) is 165 cm³/mol. The topological polar surface area (TPSA) is 42.4 Å². The number of carbonyl (C=O) groups is 1. The van der Waals surface area contributed by atoms with E-state index in [1.54, 1.807) is 11.1 Å². The van der Waals surface area contributed by atoms with Crippen LogP contribution in [0, 0.1) is 17.3 Å². The van der Waals surface area contributed by atoms with Gasteiger partial charge in [0.1, 0.15) is 11.9 Å². The van der Waals surface area contributed by atoms with Gasteiger partial charge in [-0.25, -0.2) is 4.98 Å². The highest BCUT2D eigenvalue weighted by Crippen LogP contribution is 2.43. The SMILES string of the molecule is CC1(C)CN(c2ccc(C#Cc3ccccc3)cn2)C(=O)C1O[Si](c1ccccc1)(c1ccccc1)C(C)(C)C. The smallest absolute Gasteiger partial charge is 0.262 e. The Labute approximate surface area is 239 Å². The molecule has 5 heteroatoms. The Hall–Kier alpha value is -3.98. The molecule has 1 aliphatic rings. The average molecular weight is 545 g/mol. The van der Waals surface area contributed by atoms with Gasteiger partial charge in [0, 0.05) is 29.3 Å². The zero-order valence-electron chi connectivity index (χ0n) is 23.9. The minimum Gasteiger partial charge on any atom is -0.395 e. The minimum absolute atomic E-state index is 0.0476. The van der Waals surface area contributed by atoms with Gasteiger partial charge < -0.3 is 4.43 Å². The van der Waals surface area contributed by atoms with Crippen molar-refractivity contribution in [3.8, 4) is 11.8 Å². The number of hydrogen-bond acceptors (Lipinski definition) is 3. The lowest BCUT2D eigenvalue weighted by atomic mass is 9.90. The van der Waals surface area contributed by atoms with Crippen LogP contribution in [0.4, 0.5) is 5.82 Å². The van der Waals surface area contributed by atoms with Crippen LogP contribution >= 0.6 is 0 Å². The molecule has 0 spiro atoms. The number of amides is 1. The molecule has 1 aliphatic heterocycles. The Morgan fingerprint density at radius 2 is 1.32 bits per heavy atom. The van der Waals surface area contributed by atoms with Crippen molar-refractivity contribution >= 4 is 30.4 Å². The fourth-order valence-corrected chi connectivity index (χ4v) is 10.4. The summed E-state index contributed by atoms with van der Waals surface area (Å²) in [5.74, 6) is 6.90. The number of pyridine rings is 1. The first-order valence-electron chi connectivity index (χ1n) is 13.8. The van der Waals surface area contributed by atoms with Crippen molar-refractivity contribution in [2.75, 3.05) is 11.4 Å². The zero-order chi connectivity index (χ0) is 28.4. The van der Waals surface area contributed by atoms with Crippen molar-refractivity contribution in [2.45, 2.75) is 45.8 Å². The predicted octanol–water partition coefficient (Wildman–Crippen LogP) is 5.80. The van der Waals surface area contributed by atoms with E-state index in [1.165, 1.54) is 0 Å². The standard InChI is InChI=1S/C35H36N2O2Si/c1-34(2,3)40(29-17-11-7-12-18-29,30-19-13-8-14-20-30)39-32-33(38)37(26-35(32,4)5)31-24-23-28(25-36-31)22-21-27-15-9-6-10-16-27/h6-20,23-25,32H,26H2,1-5H3. The number of nitrogens with zero attached hydrogens (tertiary/aromatic N) is 2. The molecular formula is C35H36N2O2Si. The maximum absolute atomic E-state index is 14.1. The molecule has 1 amide bonds. The van der Waals surface area contributed by atoms with Crippen molar-refractivity contribution in [1.29, 1.82) is 0 Å². The van der Waals surface area contributed by atoms with Crippen LogP contribution in [-0.2, 0) is 9.22 Å². The summed E-state index contributed by atoms with van der Waals surface area (Å²) in [4.78, 5) is 20.6. The van der Waals surface area contributed by atoms with Crippen molar-refractivity contribution in [2.24, 2.45) is 5.41 Å². The summed E-state index contributed by atoms with van der Waals surface area (Å²) in [7, 11) is -2.91. The lowest BCUT2D eigenvalue weighted by Crippen LogP contribution is -2.69. The summed E-state index contributed by atoms with van der Waals surface area (Å²) in [6.07, 6.45) is 1.13. The van der Waals surface area contributed by atoms with E-state index < -0.39 is 19.8 Å². The number of rotatable bonds is 5. The monoisotopic (exact) mass is 544 g/mol. The number of aromatic nitrogens is 1. The number of carbonyl (C=O) groups excluding carboxylic acids is 1. The second-order valence-corrected chi connectivity index (χ2v) is 16.3. The quantitative estimate of drug-likeness (QED) is 0.236. The van der Waals surface area contributed by atoms with Crippen LogP contribution in [0.2, 0.25) is 5.04 Å². The first-order chi connectivity index (χ1) is 19.1. The fraction of sp³-hybridized carbons (Fsp3) is 0.257. The lowest BCUT2D eigenvalue weighted by Gasteiger charge is -2.45. The fourth-order valence-electron chi connectivity index (χ4n) is 5.60. The molecule has 0 saturated carbocycles. The minimum atomic E-state index is -2.91. The largest absolute Gasteiger partial charge is 0.395 e. The van der Waals surface area contributed by atoms with Gasteiger partial charge >= 0.3 is 0 Å². The van der Waals surface area contributed by atoms with Gasteiger partial charge in [-0.1, -0.05) is 125 Å². The maximum Gasteiger partial charge on any atom is 0.262 e. The number of hydrogen-bond donors (Lipinski definition) is 0. The van der Waals surface area contributed by atoms with Crippen LogP contribution in [0.15, 0.2) is 109 Å². The van der Waals surface area contributed by atoms with Crippen molar-refractivity contribution < 1.29 is 9.22 Å². The summed E-state index contributed by atoms with van der Waals surface area (Å²) in [6, 6.07) is 34.6. The van der Waals surface area contributed by atoms with E-state index in [4.69, 9.17) is 4.43 Å². The summed E-state index contributed by atoms with van der Waals surface area (Å²) < 4.78 is 7.32. The van der Waals surface area contributed by atoms with Crippen LogP contribution in [0.25, 0.3) is 0 Å². The van der Waals surface area contributed by atoms with Gasteiger partial charge in [0.05, 0.1) is 0 Å². The van der Waals surface area contributed by atoms with Gasteiger partial charge in [0.2, 0.25) is 0 Å². The molecule has 1 fully saturated rings. The number of anilines is 1. The molecule has 1 atom stereocenters. The van der Waals surface area contributed by atoms with E-state index in [9.17, 15) is 4.79 Å². The molecule has 1 aromatic heterocycles. The third-order valence-electron chi connectivity index (χ3n) is 7.63. The Balaban J connectivity index is 1.49. The van der Waals surface area contributed by atoms with Gasteiger partial charge in [0.25, 0.3) is 14.2 Å². The Bertz CT molecular complexity index is 1480. The van der Waals surface area contributed by atoms with Crippen molar-refractivity contribution in [3.05, 3.63) is 120 Å².